The summed E-state index contributed by atoms with van der Waals surface area (Å²) in [6.45, 7) is 1.72. The zero-order valence-corrected chi connectivity index (χ0v) is 12.6. The largest absolute Gasteiger partial charge is 0.356 e. The Morgan fingerprint density at radius 3 is 2.43 bits per heavy atom. The van der Waals surface area contributed by atoms with Gasteiger partial charge in [-0.2, -0.15) is 0 Å². The van der Waals surface area contributed by atoms with Crippen molar-refractivity contribution >= 4 is 5.91 Å². The molecule has 114 valence electrons. The third-order valence-corrected chi connectivity index (χ3v) is 5.96. The summed E-state index contributed by atoms with van der Waals surface area (Å²) in [7, 11) is 0. The van der Waals surface area contributed by atoms with Crippen LogP contribution in [0.5, 0.6) is 0 Å². The van der Waals surface area contributed by atoms with Crippen LogP contribution in [0.3, 0.4) is 0 Å². The molecule has 1 aromatic rings. The van der Waals surface area contributed by atoms with Crippen molar-refractivity contribution in [1.82, 2.24) is 14.9 Å². The molecule has 0 aromatic carbocycles. The van der Waals surface area contributed by atoms with E-state index in [0.717, 1.165) is 56.5 Å². The first-order valence-corrected chi connectivity index (χ1v) is 8.47. The predicted molar refractivity (Wildman–Crippen MR) is 80.5 cm³/mol. The fourth-order valence-corrected chi connectivity index (χ4v) is 5.46. The first-order chi connectivity index (χ1) is 10.2. The van der Waals surface area contributed by atoms with E-state index < -0.39 is 0 Å². The number of carbonyl (C=O) groups is 1. The molecule has 4 bridgehead atoms. The first kappa shape index (κ1) is 13.4. The topological polar surface area (TPSA) is 46.9 Å². The average molecular weight is 287 g/mol. The molecule has 0 radical (unpaired) electrons. The summed E-state index contributed by atoms with van der Waals surface area (Å²) in [5.74, 6) is 2.88. The number of nitrogens with one attached hydrogen (secondary N) is 1. The number of imidazole rings is 1. The van der Waals surface area contributed by atoms with Gasteiger partial charge in [0.15, 0.2) is 0 Å². The molecule has 1 aromatic heterocycles. The Morgan fingerprint density at radius 2 is 1.86 bits per heavy atom. The number of rotatable bonds is 5. The van der Waals surface area contributed by atoms with E-state index in [1.807, 2.05) is 12.5 Å². The minimum absolute atomic E-state index is 0.00373. The second-order valence-corrected chi connectivity index (χ2v) is 7.61. The van der Waals surface area contributed by atoms with E-state index in [4.69, 9.17) is 0 Å². The van der Waals surface area contributed by atoms with Gasteiger partial charge in [0.1, 0.15) is 0 Å². The Bertz CT molecular complexity index is 473. The van der Waals surface area contributed by atoms with Crippen molar-refractivity contribution in [3.8, 4) is 0 Å². The maximum atomic E-state index is 12.7. The maximum Gasteiger partial charge on any atom is 0.226 e. The summed E-state index contributed by atoms with van der Waals surface area (Å²) in [5, 5.41) is 3.23. The summed E-state index contributed by atoms with van der Waals surface area (Å²) >= 11 is 0. The zero-order chi connectivity index (χ0) is 14.3. The van der Waals surface area contributed by atoms with Crippen molar-refractivity contribution in [2.24, 2.45) is 23.2 Å². The number of nitrogens with zero attached hydrogens (tertiary/aromatic N) is 2. The van der Waals surface area contributed by atoms with Crippen LogP contribution in [-0.2, 0) is 11.3 Å². The Balaban J connectivity index is 1.31. The molecule has 0 atom stereocenters. The van der Waals surface area contributed by atoms with E-state index in [2.05, 4.69) is 14.9 Å². The quantitative estimate of drug-likeness (QED) is 0.846. The Labute approximate surface area is 126 Å². The molecule has 4 aliphatic carbocycles. The lowest BCUT2D eigenvalue weighted by Gasteiger charge is -2.55. The monoisotopic (exact) mass is 287 g/mol. The van der Waals surface area contributed by atoms with E-state index in [0.29, 0.717) is 5.91 Å². The Hall–Kier alpha value is -1.32. The summed E-state index contributed by atoms with van der Waals surface area (Å²) in [6, 6.07) is 0. The van der Waals surface area contributed by atoms with Gasteiger partial charge < -0.3 is 9.88 Å². The van der Waals surface area contributed by atoms with Crippen LogP contribution in [0.25, 0.3) is 0 Å². The van der Waals surface area contributed by atoms with Crippen molar-refractivity contribution in [1.29, 1.82) is 0 Å². The van der Waals surface area contributed by atoms with Crippen molar-refractivity contribution < 1.29 is 4.79 Å². The molecule has 4 saturated carbocycles. The molecule has 1 heterocycles. The molecule has 21 heavy (non-hydrogen) atoms. The molecular formula is C17H25N3O. The van der Waals surface area contributed by atoms with Crippen molar-refractivity contribution in [2.45, 2.75) is 51.5 Å². The highest BCUT2D eigenvalue weighted by Gasteiger charge is 2.54. The summed E-state index contributed by atoms with van der Waals surface area (Å²) in [4.78, 5) is 16.8. The molecule has 1 N–H and O–H groups in total. The second-order valence-electron chi connectivity index (χ2n) is 7.61. The van der Waals surface area contributed by atoms with Crippen molar-refractivity contribution in [2.75, 3.05) is 6.54 Å². The predicted octanol–water partition coefficient (Wildman–Crippen LogP) is 2.61. The van der Waals surface area contributed by atoms with Gasteiger partial charge in [-0.3, -0.25) is 4.79 Å². The molecule has 1 amide bonds. The van der Waals surface area contributed by atoms with Gasteiger partial charge in [0.25, 0.3) is 0 Å². The zero-order valence-electron chi connectivity index (χ0n) is 12.6. The number of hydrogen-bond acceptors (Lipinski definition) is 2. The van der Waals surface area contributed by atoms with Gasteiger partial charge in [-0.25, -0.2) is 4.98 Å². The molecule has 4 nitrogen and oxygen atoms in total. The number of aryl methyl sites for hydroxylation is 1. The highest BCUT2D eigenvalue weighted by atomic mass is 16.2. The second kappa shape index (κ2) is 5.15. The minimum Gasteiger partial charge on any atom is -0.356 e. The van der Waals surface area contributed by atoms with Gasteiger partial charge >= 0.3 is 0 Å². The fraction of sp³-hybridized carbons (Fsp3) is 0.765. The van der Waals surface area contributed by atoms with E-state index >= 15 is 0 Å². The van der Waals surface area contributed by atoms with Gasteiger partial charge in [0, 0.05) is 30.9 Å². The van der Waals surface area contributed by atoms with E-state index in [9.17, 15) is 4.79 Å². The molecule has 0 unspecified atom stereocenters. The Kier molecular flexibility index (Phi) is 3.27. The maximum absolute atomic E-state index is 12.7. The molecule has 0 spiro atoms. The fourth-order valence-electron chi connectivity index (χ4n) is 5.46. The summed E-state index contributed by atoms with van der Waals surface area (Å²) in [5.41, 5.74) is 0.00373. The average Bonchev–Trinajstić information content (AvgIpc) is 2.95. The van der Waals surface area contributed by atoms with Crippen LogP contribution >= 0.6 is 0 Å². The lowest BCUT2D eigenvalue weighted by atomic mass is 9.49. The lowest BCUT2D eigenvalue weighted by Crippen LogP contribution is -2.53. The number of carbonyl (C=O) groups excluding carboxylic acids is 1. The van der Waals surface area contributed by atoms with Crippen molar-refractivity contribution in [3.05, 3.63) is 18.7 Å². The number of aromatic nitrogens is 2. The molecule has 0 saturated heterocycles. The lowest BCUT2D eigenvalue weighted by molar-refractivity contribution is -0.146. The van der Waals surface area contributed by atoms with Gasteiger partial charge in [-0.1, -0.05) is 0 Å². The smallest absolute Gasteiger partial charge is 0.226 e. The number of amides is 1. The molecule has 5 rings (SSSR count). The third-order valence-electron chi connectivity index (χ3n) is 5.96. The summed E-state index contributed by atoms with van der Waals surface area (Å²) < 4.78 is 2.07. The van der Waals surface area contributed by atoms with Crippen LogP contribution in [-0.4, -0.2) is 22.0 Å². The molecule has 4 heteroatoms. The number of hydrogen-bond donors (Lipinski definition) is 1. The van der Waals surface area contributed by atoms with E-state index in [1.54, 1.807) is 6.20 Å². The van der Waals surface area contributed by atoms with Crippen molar-refractivity contribution in [3.63, 3.8) is 0 Å². The third kappa shape index (κ3) is 2.49. The highest BCUT2D eigenvalue weighted by molar-refractivity contribution is 5.83. The molecule has 0 aliphatic heterocycles. The van der Waals surface area contributed by atoms with Crippen LogP contribution < -0.4 is 5.32 Å². The van der Waals surface area contributed by atoms with Gasteiger partial charge in [-0.15, -0.1) is 0 Å². The van der Waals surface area contributed by atoms with E-state index in [-0.39, 0.29) is 5.41 Å². The highest BCUT2D eigenvalue weighted by Crippen LogP contribution is 2.60. The SMILES string of the molecule is O=C(NCCCn1ccnc1)C12CC3CC(CC(C3)C1)C2. The molecular weight excluding hydrogens is 262 g/mol. The minimum atomic E-state index is 0.00373. The standard InChI is InChI=1S/C17H25N3O/c21-16(19-2-1-4-20-5-3-18-12-20)17-9-13-6-14(10-17)8-15(7-13)11-17/h3,5,12-15H,1-2,4,6-11H2,(H,19,21). The van der Waals surface area contributed by atoms with Crippen LogP contribution in [0.1, 0.15) is 44.9 Å². The molecule has 4 aliphatic rings. The molecule has 4 fully saturated rings. The van der Waals surface area contributed by atoms with Crippen LogP contribution in [0, 0.1) is 23.2 Å². The van der Waals surface area contributed by atoms with Gasteiger partial charge in [0.05, 0.1) is 6.33 Å². The van der Waals surface area contributed by atoms with E-state index in [1.165, 1.54) is 19.3 Å². The van der Waals surface area contributed by atoms with Crippen LogP contribution in [0.15, 0.2) is 18.7 Å². The summed E-state index contributed by atoms with van der Waals surface area (Å²) in [6.07, 6.45) is 14.3. The van der Waals surface area contributed by atoms with Crippen LogP contribution in [0.2, 0.25) is 0 Å². The first-order valence-electron chi connectivity index (χ1n) is 8.47. The Morgan fingerprint density at radius 1 is 1.19 bits per heavy atom. The van der Waals surface area contributed by atoms with Gasteiger partial charge in [0.2, 0.25) is 5.91 Å². The normalized spacial score (nSPS) is 36.9. The van der Waals surface area contributed by atoms with Gasteiger partial charge in [-0.05, 0) is 62.7 Å². The van der Waals surface area contributed by atoms with Crippen LogP contribution in [0.4, 0.5) is 0 Å².